The van der Waals surface area contributed by atoms with Crippen molar-refractivity contribution in [3.63, 3.8) is 0 Å². The maximum absolute atomic E-state index is 5.08. The van der Waals surface area contributed by atoms with Crippen LogP contribution in [0, 0.1) is 0 Å². The highest BCUT2D eigenvalue weighted by Gasteiger charge is 2.05. The average molecular weight is 149 g/mol. The molecule has 0 aromatic heterocycles. The molecule has 0 rings (SSSR count). The first-order valence-corrected chi connectivity index (χ1v) is 3.55. The Bertz CT molecular complexity index is 101. The summed E-state index contributed by atoms with van der Waals surface area (Å²) in [5.41, 5.74) is 2.43. The van der Waals surface area contributed by atoms with Gasteiger partial charge in [-0.1, -0.05) is 13.8 Å². The Labute approximate surface area is 59.0 Å². The van der Waals surface area contributed by atoms with Gasteiger partial charge in [-0.25, -0.2) is 0 Å². The lowest BCUT2D eigenvalue weighted by Crippen LogP contribution is -2.82. The fourth-order valence-electron chi connectivity index (χ4n) is 0.345. The number of hydrogen-bond acceptors (Lipinski definition) is 3. The van der Waals surface area contributed by atoms with E-state index in [0.717, 1.165) is 0 Å². The predicted molar refractivity (Wildman–Crippen MR) is 40.2 cm³/mol. The van der Waals surface area contributed by atoms with Gasteiger partial charge in [0.05, 0.1) is 0 Å². The van der Waals surface area contributed by atoms with Crippen LogP contribution in [-0.2, 0) is 0 Å². The van der Waals surface area contributed by atoms with Crippen molar-refractivity contribution < 1.29 is 5.10 Å². The quantitative estimate of drug-likeness (QED) is 0.149. The number of nitrogens with one attached hydrogen (secondary N) is 2. The van der Waals surface area contributed by atoms with Crippen LogP contribution in [0.2, 0.25) is 0 Å². The van der Waals surface area contributed by atoms with Crippen LogP contribution >= 0.6 is 11.8 Å². The zero-order valence-corrected chi connectivity index (χ0v) is 6.46. The van der Waals surface area contributed by atoms with Crippen LogP contribution in [0.15, 0.2) is 0 Å². The number of hydrogen-bond donors (Lipinski definition) is 4. The van der Waals surface area contributed by atoms with E-state index in [-0.39, 0.29) is 0 Å². The number of thioether (sulfide) groups is 1. The third kappa shape index (κ3) is 4.11. The van der Waals surface area contributed by atoms with Gasteiger partial charge in [-0.3, -0.25) is 5.84 Å². The molecule has 0 heterocycles. The Kier molecular flexibility index (Phi) is 4.25. The molecule has 0 aliphatic rings. The number of nitrogens with two attached hydrogens (primary N) is 2. The van der Waals surface area contributed by atoms with Gasteiger partial charge in [-0.15, -0.1) is 0 Å². The van der Waals surface area contributed by atoms with Crippen molar-refractivity contribution in [2.24, 2.45) is 11.7 Å². The molecule has 0 saturated carbocycles. The maximum atomic E-state index is 5.08. The van der Waals surface area contributed by atoms with Crippen molar-refractivity contribution in [1.29, 1.82) is 0 Å². The van der Waals surface area contributed by atoms with Crippen molar-refractivity contribution >= 4 is 16.9 Å². The number of rotatable bonds is 1. The molecule has 0 atom stereocenters. The molecule has 0 fully saturated rings. The normalized spacial score (nSPS) is 12.2. The van der Waals surface area contributed by atoms with E-state index in [1.54, 1.807) is 11.8 Å². The van der Waals surface area contributed by atoms with E-state index in [4.69, 9.17) is 11.7 Å². The lowest BCUT2D eigenvalue weighted by atomic mass is 10.6. The summed E-state index contributed by atoms with van der Waals surface area (Å²) in [5.74, 6) is 10.2. The Morgan fingerprint density at radius 3 is 2.33 bits per heavy atom. The van der Waals surface area contributed by atoms with E-state index >= 15 is 0 Å². The second kappa shape index (κ2) is 4.46. The summed E-state index contributed by atoms with van der Waals surface area (Å²) in [4.78, 5) is 0. The molecule has 54 valence electrons. The van der Waals surface area contributed by atoms with Crippen molar-refractivity contribution in [2.75, 3.05) is 0 Å². The van der Waals surface area contributed by atoms with Gasteiger partial charge in [0, 0.05) is 5.25 Å². The van der Waals surface area contributed by atoms with E-state index in [0.29, 0.717) is 10.4 Å². The Morgan fingerprint density at radius 1 is 1.67 bits per heavy atom. The summed E-state index contributed by atoms with van der Waals surface area (Å²) in [6.07, 6.45) is 0. The number of hydrazone groups is 1. The SMILES string of the molecule is CC(C)SC(NN)=[NH+]N. The lowest BCUT2D eigenvalue weighted by molar-refractivity contribution is -0.468. The standard InChI is InChI=1S/C4H12N4S/c1-3(2)9-4(7-5)8-6/h3H,5-6H2,1-2H3,(H,7,8)/p+1. The molecule has 0 spiro atoms. The Morgan fingerprint density at radius 2 is 2.22 bits per heavy atom. The van der Waals surface area contributed by atoms with Crippen molar-refractivity contribution in [2.45, 2.75) is 19.1 Å². The molecule has 0 amide bonds. The zero-order valence-electron chi connectivity index (χ0n) is 5.64. The molecular formula is C4H13N4S+. The van der Waals surface area contributed by atoms with E-state index < -0.39 is 0 Å². The molecule has 6 N–H and O–H groups in total. The molecule has 0 aromatic carbocycles. The molecule has 0 aromatic rings. The van der Waals surface area contributed by atoms with Gasteiger partial charge in [-0.05, 0) is 11.8 Å². The molecular weight excluding hydrogens is 136 g/mol. The summed E-state index contributed by atoms with van der Waals surface area (Å²) in [5, 5.41) is 3.59. The molecule has 0 unspecified atom stereocenters. The van der Waals surface area contributed by atoms with Crippen LogP contribution in [0.1, 0.15) is 13.8 Å². The van der Waals surface area contributed by atoms with Gasteiger partial charge in [0.15, 0.2) is 0 Å². The second-order valence-corrected chi connectivity index (χ2v) is 3.37. The van der Waals surface area contributed by atoms with Gasteiger partial charge in [0.25, 0.3) is 0 Å². The van der Waals surface area contributed by atoms with Crippen molar-refractivity contribution in [3.8, 4) is 0 Å². The van der Waals surface area contributed by atoms with Crippen molar-refractivity contribution in [3.05, 3.63) is 0 Å². The summed E-state index contributed by atoms with van der Waals surface area (Å²) >= 11 is 1.54. The van der Waals surface area contributed by atoms with Crippen molar-refractivity contribution in [1.82, 2.24) is 5.43 Å². The number of amidine groups is 1. The molecule has 9 heavy (non-hydrogen) atoms. The minimum absolute atomic E-state index is 0.479. The predicted octanol–water partition coefficient (Wildman–Crippen LogP) is -2.10. The highest BCUT2D eigenvalue weighted by molar-refractivity contribution is 8.14. The molecule has 0 aliphatic carbocycles. The van der Waals surface area contributed by atoms with Gasteiger partial charge in [-0.2, -0.15) is 16.4 Å². The van der Waals surface area contributed by atoms with Crippen LogP contribution in [0.4, 0.5) is 0 Å². The van der Waals surface area contributed by atoms with Crippen LogP contribution in [0.25, 0.3) is 0 Å². The van der Waals surface area contributed by atoms with Gasteiger partial charge in [0.1, 0.15) is 0 Å². The van der Waals surface area contributed by atoms with E-state index in [2.05, 4.69) is 24.4 Å². The average Bonchev–Trinajstić information content (AvgIpc) is 1.82. The molecule has 0 saturated heterocycles. The fraction of sp³-hybridized carbons (Fsp3) is 0.750. The number of hydrazine groups is 2. The molecule has 0 radical (unpaired) electrons. The zero-order chi connectivity index (χ0) is 7.28. The first kappa shape index (κ1) is 8.58. The largest absolute Gasteiger partial charge is 0.345 e. The summed E-state index contributed by atoms with van der Waals surface area (Å²) in [6.45, 7) is 4.11. The smallest absolute Gasteiger partial charge is 0.275 e. The molecule has 0 bridgehead atoms. The Balaban J connectivity index is 3.58. The lowest BCUT2D eigenvalue weighted by Gasteiger charge is -1.98. The summed E-state index contributed by atoms with van der Waals surface area (Å²) in [6, 6.07) is 0. The highest BCUT2D eigenvalue weighted by atomic mass is 32.2. The van der Waals surface area contributed by atoms with Crippen LogP contribution in [-0.4, -0.2) is 10.4 Å². The van der Waals surface area contributed by atoms with Gasteiger partial charge in [0.2, 0.25) is 0 Å². The molecule has 4 nitrogen and oxygen atoms in total. The molecule has 0 aliphatic heterocycles. The highest BCUT2D eigenvalue weighted by Crippen LogP contribution is 2.05. The van der Waals surface area contributed by atoms with Crippen LogP contribution in [0.3, 0.4) is 0 Å². The topological polar surface area (TPSA) is 78.0 Å². The third-order valence-corrected chi connectivity index (χ3v) is 1.56. The maximum Gasteiger partial charge on any atom is 0.345 e. The molecule has 5 heteroatoms. The summed E-state index contributed by atoms with van der Waals surface area (Å²) in [7, 11) is 0. The summed E-state index contributed by atoms with van der Waals surface area (Å²) < 4.78 is 0. The van der Waals surface area contributed by atoms with Gasteiger partial charge >= 0.3 is 5.17 Å². The van der Waals surface area contributed by atoms with Crippen LogP contribution in [0.5, 0.6) is 0 Å². The fourth-order valence-corrected chi connectivity index (χ4v) is 0.953. The minimum Gasteiger partial charge on any atom is -0.275 e. The van der Waals surface area contributed by atoms with Gasteiger partial charge < -0.3 is 0 Å². The Hall–Kier alpha value is -0.420. The minimum atomic E-state index is 0.479. The first-order chi connectivity index (χ1) is 4.20. The van der Waals surface area contributed by atoms with Crippen LogP contribution < -0.4 is 22.2 Å². The van der Waals surface area contributed by atoms with E-state index in [9.17, 15) is 0 Å². The monoisotopic (exact) mass is 149 g/mol. The second-order valence-electron chi connectivity index (χ2n) is 1.78. The van der Waals surface area contributed by atoms with E-state index in [1.165, 1.54) is 0 Å². The third-order valence-electron chi connectivity index (χ3n) is 0.616. The van der Waals surface area contributed by atoms with E-state index in [1.807, 2.05) is 0 Å². The first-order valence-electron chi connectivity index (χ1n) is 2.67.